The molecule has 9 heteroatoms. The predicted molar refractivity (Wildman–Crippen MR) is 130 cm³/mol. The highest BCUT2D eigenvalue weighted by molar-refractivity contribution is 6.30. The molecule has 34 heavy (non-hydrogen) atoms. The van der Waals surface area contributed by atoms with Crippen LogP contribution >= 0.6 is 11.6 Å². The number of rotatable bonds is 8. The van der Waals surface area contributed by atoms with Gasteiger partial charge in [0.1, 0.15) is 18.9 Å². The Labute approximate surface area is 203 Å². The highest BCUT2D eigenvalue weighted by Crippen LogP contribution is 2.32. The minimum Gasteiger partial charge on any atom is -0.463 e. The molecule has 0 aliphatic carbocycles. The number of fused-ring (bicyclic) bond motifs is 1. The molecule has 0 radical (unpaired) electrons. The highest BCUT2D eigenvalue weighted by atomic mass is 35.5. The molecule has 8 nitrogen and oxygen atoms in total. The van der Waals surface area contributed by atoms with Crippen molar-refractivity contribution in [3.63, 3.8) is 0 Å². The van der Waals surface area contributed by atoms with Gasteiger partial charge in [0, 0.05) is 47.9 Å². The summed E-state index contributed by atoms with van der Waals surface area (Å²) in [6, 6.07) is 13.0. The Bertz CT molecular complexity index is 1040. The lowest BCUT2D eigenvalue weighted by molar-refractivity contribution is -0.146. The average Bonchev–Trinajstić information content (AvgIpc) is 2.84. The molecule has 2 aliphatic rings. The fourth-order valence-corrected chi connectivity index (χ4v) is 4.13. The topological polar surface area (TPSA) is 100 Å². The summed E-state index contributed by atoms with van der Waals surface area (Å²) in [5.41, 5.74) is 2.75. The highest BCUT2D eigenvalue weighted by Gasteiger charge is 2.27. The number of para-hydroxylation sites is 1. The molecule has 2 atom stereocenters. The van der Waals surface area contributed by atoms with Crippen molar-refractivity contribution < 1.29 is 24.2 Å². The number of amides is 1. The van der Waals surface area contributed by atoms with E-state index >= 15 is 0 Å². The second-order valence-corrected chi connectivity index (χ2v) is 8.62. The fourth-order valence-electron chi connectivity index (χ4n) is 4.01. The number of nitrogens with zero attached hydrogens (tertiary/aromatic N) is 1. The molecule has 1 saturated heterocycles. The number of nitrogens with one attached hydrogen (secondary N) is 2. The van der Waals surface area contributed by atoms with Crippen LogP contribution in [0.5, 0.6) is 0 Å². The molecule has 0 saturated carbocycles. The Morgan fingerprint density at radius 1 is 1.18 bits per heavy atom. The van der Waals surface area contributed by atoms with Crippen molar-refractivity contribution in [3.8, 4) is 0 Å². The van der Waals surface area contributed by atoms with E-state index in [4.69, 9.17) is 21.1 Å². The Balaban J connectivity index is 1.47. The second-order valence-electron chi connectivity index (χ2n) is 8.19. The van der Waals surface area contributed by atoms with E-state index in [0.717, 1.165) is 29.9 Å². The van der Waals surface area contributed by atoms with E-state index in [1.165, 1.54) is 0 Å². The number of hydrogen-bond acceptors (Lipinski definition) is 7. The molecule has 1 fully saturated rings. The van der Waals surface area contributed by atoms with Crippen molar-refractivity contribution in [2.24, 2.45) is 0 Å². The summed E-state index contributed by atoms with van der Waals surface area (Å²) < 4.78 is 10.9. The number of hydrogen-bond donors (Lipinski definition) is 3. The van der Waals surface area contributed by atoms with Crippen LogP contribution < -0.4 is 10.6 Å². The molecule has 1 amide bonds. The second kappa shape index (κ2) is 11.5. The van der Waals surface area contributed by atoms with Gasteiger partial charge in [0.2, 0.25) is 0 Å². The zero-order valence-electron chi connectivity index (χ0n) is 18.7. The van der Waals surface area contributed by atoms with Gasteiger partial charge in [-0.25, -0.2) is 4.79 Å². The van der Waals surface area contributed by atoms with E-state index < -0.39 is 24.1 Å². The molecular formula is C25H28ClN3O5. The van der Waals surface area contributed by atoms with E-state index in [2.05, 4.69) is 15.5 Å². The summed E-state index contributed by atoms with van der Waals surface area (Å²) in [4.78, 5) is 28.1. The number of carbonyl (C=O) groups excluding carboxylic acids is 2. The quantitative estimate of drug-likeness (QED) is 0.494. The third-order valence-electron chi connectivity index (χ3n) is 5.81. The van der Waals surface area contributed by atoms with E-state index in [-0.39, 0.29) is 13.0 Å². The molecule has 3 N–H and O–H groups in total. The maximum absolute atomic E-state index is 13.1. The minimum atomic E-state index is -0.933. The first-order valence-electron chi connectivity index (χ1n) is 11.3. The number of anilines is 1. The monoisotopic (exact) mass is 485 g/mol. The summed E-state index contributed by atoms with van der Waals surface area (Å²) >= 11 is 5.93. The molecule has 180 valence electrons. The van der Waals surface area contributed by atoms with Gasteiger partial charge in [-0.3, -0.25) is 9.69 Å². The van der Waals surface area contributed by atoms with Crippen molar-refractivity contribution in [1.82, 2.24) is 10.2 Å². The van der Waals surface area contributed by atoms with Crippen LogP contribution in [0.1, 0.15) is 22.3 Å². The molecule has 4 rings (SSSR count). The van der Waals surface area contributed by atoms with Crippen LogP contribution in [0.2, 0.25) is 5.02 Å². The van der Waals surface area contributed by atoms with Crippen LogP contribution in [0.25, 0.3) is 5.57 Å². The molecule has 2 aromatic rings. The van der Waals surface area contributed by atoms with Gasteiger partial charge in [-0.2, -0.15) is 0 Å². The summed E-state index contributed by atoms with van der Waals surface area (Å²) in [7, 11) is 0. The normalized spacial score (nSPS) is 18.8. The first-order valence-corrected chi connectivity index (χ1v) is 11.7. The van der Waals surface area contributed by atoms with Gasteiger partial charge in [0.15, 0.2) is 0 Å². The van der Waals surface area contributed by atoms with Gasteiger partial charge in [0.05, 0.1) is 13.2 Å². The molecular weight excluding hydrogens is 458 g/mol. The standard InChI is InChI=1S/C25H28ClN3O5/c26-19-7-5-17(6-8-19)24(31)28-22(25(32)34-14-11-29-9-12-33-13-10-29)15-18-16-23(30)27-21-4-2-1-3-20(18)21/h1-8,16,22-23,27,30H,9-15H2,(H,28,31). The van der Waals surface area contributed by atoms with Gasteiger partial charge in [-0.05, 0) is 42.0 Å². The zero-order valence-corrected chi connectivity index (χ0v) is 19.5. The first kappa shape index (κ1) is 24.2. The lowest BCUT2D eigenvalue weighted by atomic mass is 9.93. The summed E-state index contributed by atoms with van der Waals surface area (Å²) in [5.74, 6) is -0.933. The fraction of sp³-hybridized carbons (Fsp3) is 0.360. The molecule has 2 unspecified atom stereocenters. The smallest absolute Gasteiger partial charge is 0.329 e. The molecule has 2 aromatic carbocycles. The summed E-state index contributed by atoms with van der Waals surface area (Å²) in [6.07, 6.45) is 0.922. The zero-order chi connectivity index (χ0) is 23.9. The van der Waals surface area contributed by atoms with E-state index in [9.17, 15) is 14.7 Å². The summed E-state index contributed by atoms with van der Waals surface area (Å²) in [5, 5.41) is 16.5. The lowest BCUT2D eigenvalue weighted by Crippen LogP contribution is -2.43. The van der Waals surface area contributed by atoms with Crippen LogP contribution in [0, 0.1) is 0 Å². The predicted octanol–water partition coefficient (Wildman–Crippen LogP) is 2.53. The number of carbonyl (C=O) groups is 2. The maximum atomic E-state index is 13.1. The average molecular weight is 486 g/mol. The van der Waals surface area contributed by atoms with Gasteiger partial charge in [-0.15, -0.1) is 0 Å². The van der Waals surface area contributed by atoms with Crippen LogP contribution in [-0.2, 0) is 14.3 Å². The maximum Gasteiger partial charge on any atom is 0.329 e. The Hall–Kier alpha value is -2.91. The van der Waals surface area contributed by atoms with Crippen LogP contribution in [0.4, 0.5) is 5.69 Å². The van der Waals surface area contributed by atoms with E-state index in [1.807, 2.05) is 24.3 Å². The van der Waals surface area contributed by atoms with Crippen LogP contribution in [-0.4, -0.2) is 73.6 Å². The van der Waals surface area contributed by atoms with Crippen LogP contribution in [0.15, 0.2) is 54.6 Å². The van der Waals surface area contributed by atoms with Crippen molar-refractivity contribution in [2.45, 2.75) is 18.7 Å². The number of morpholine rings is 1. The van der Waals surface area contributed by atoms with Crippen molar-refractivity contribution in [1.29, 1.82) is 0 Å². The minimum absolute atomic E-state index is 0.172. The molecule has 0 spiro atoms. The molecule has 0 bridgehead atoms. The van der Waals surface area contributed by atoms with E-state index in [1.54, 1.807) is 30.3 Å². The third kappa shape index (κ3) is 6.36. The summed E-state index contributed by atoms with van der Waals surface area (Å²) in [6.45, 7) is 3.73. The number of esters is 1. The van der Waals surface area contributed by atoms with Gasteiger partial charge in [-0.1, -0.05) is 29.8 Å². The van der Waals surface area contributed by atoms with Gasteiger partial charge >= 0.3 is 5.97 Å². The molecule has 2 heterocycles. The SMILES string of the molecule is O=C(NC(CC1=CC(O)Nc2ccccc21)C(=O)OCCN1CCOCC1)c1ccc(Cl)cc1. The van der Waals surface area contributed by atoms with Crippen LogP contribution in [0.3, 0.4) is 0 Å². The van der Waals surface area contributed by atoms with Gasteiger partial charge in [0.25, 0.3) is 5.91 Å². The lowest BCUT2D eigenvalue weighted by Gasteiger charge is -2.27. The van der Waals surface area contributed by atoms with Gasteiger partial charge < -0.3 is 25.2 Å². The number of halogens is 1. The number of aliphatic hydroxyl groups is 1. The Morgan fingerprint density at radius 3 is 2.68 bits per heavy atom. The first-order chi connectivity index (χ1) is 16.5. The largest absolute Gasteiger partial charge is 0.463 e. The van der Waals surface area contributed by atoms with Crippen molar-refractivity contribution >= 4 is 34.7 Å². The number of aliphatic hydroxyl groups excluding tert-OH is 1. The molecule has 2 aliphatic heterocycles. The van der Waals surface area contributed by atoms with Crippen molar-refractivity contribution in [2.75, 3.05) is 44.8 Å². The number of ether oxygens (including phenoxy) is 2. The Morgan fingerprint density at radius 2 is 1.91 bits per heavy atom. The van der Waals surface area contributed by atoms with E-state index in [0.29, 0.717) is 30.3 Å². The van der Waals surface area contributed by atoms with Crippen molar-refractivity contribution in [3.05, 3.63) is 70.8 Å². The number of benzene rings is 2. The molecule has 0 aromatic heterocycles. The third-order valence-corrected chi connectivity index (χ3v) is 6.06. The Kier molecular flexibility index (Phi) is 8.18.